The second-order valence-electron chi connectivity index (χ2n) is 6.69. The highest BCUT2D eigenvalue weighted by atomic mass is 35.5. The largest absolute Gasteiger partial charge is 0.395 e. The van der Waals surface area contributed by atoms with Crippen LogP contribution in [0.5, 0.6) is 0 Å². The van der Waals surface area contributed by atoms with Gasteiger partial charge >= 0.3 is 0 Å². The van der Waals surface area contributed by atoms with Crippen LogP contribution in [-0.2, 0) is 4.74 Å². The molecule has 0 fully saturated rings. The van der Waals surface area contributed by atoms with Crippen LogP contribution in [0.4, 0.5) is 5.69 Å². The van der Waals surface area contributed by atoms with Gasteiger partial charge in [0.05, 0.1) is 19.3 Å². The Balaban J connectivity index is 0.00000300. The highest BCUT2D eigenvalue weighted by Gasteiger charge is 2.18. The summed E-state index contributed by atoms with van der Waals surface area (Å²) in [5, 5.41) is 20.0. The maximum Gasteiger partial charge on any atom is 0.108 e. The third kappa shape index (κ3) is 6.87. The minimum atomic E-state index is -0.679. The van der Waals surface area contributed by atoms with Crippen molar-refractivity contribution in [3.05, 3.63) is 102 Å². The van der Waals surface area contributed by atoms with Gasteiger partial charge in [0.15, 0.2) is 0 Å². The quantitative estimate of drug-likeness (QED) is 0.526. The summed E-state index contributed by atoms with van der Waals surface area (Å²) < 4.78 is 6.15. The van der Waals surface area contributed by atoms with Gasteiger partial charge in [-0.25, -0.2) is 0 Å². The monoisotopic (exact) mass is 413 g/mol. The number of benzene rings is 3. The lowest BCUT2D eigenvalue weighted by Crippen LogP contribution is -2.37. The number of ether oxygens (including phenoxy) is 1. The van der Waals surface area contributed by atoms with E-state index >= 15 is 0 Å². The Morgan fingerprint density at radius 2 is 1.24 bits per heavy atom. The molecule has 0 spiro atoms. The molecule has 3 rings (SSSR count). The van der Waals surface area contributed by atoms with E-state index in [1.807, 2.05) is 95.9 Å². The SMILES string of the molecule is Cl.OCCN(CC(O)COC(c1ccccc1)c1ccccc1)c1ccccc1. The van der Waals surface area contributed by atoms with Crippen molar-refractivity contribution in [2.75, 3.05) is 31.2 Å². The van der Waals surface area contributed by atoms with Crippen LogP contribution in [0.1, 0.15) is 17.2 Å². The first-order valence-corrected chi connectivity index (χ1v) is 9.58. The summed E-state index contributed by atoms with van der Waals surface area (Å²) in [6.45, 7) is 1.07. The van der Waals surface area contributed by atoms with E-state index < -0.39 is 6.10 Å². The number of para-hydroxylation sites is 1. The first kappa shape index (κ1) is 22.9. The second kappa shape index (κ2) is 12.2. The Hall–Kier alpha value is -2.37. The molecule has 0 bridgehead atoms. The lowest BCUT2D eigenvalue weighted by Gasteiger charge is -2.28. The van der Waals surface area contributed by atoms with Crippen LogP contribution in [0.2, 0.25) is 0 Å². The minimum Gasteiger partial charge on any atom is -0.395 e. The third-order valence-corrected chi connectivity index (χ3v) is 4.58. The Labute approximate surface area is 178 Å². The summed E-state index contributed by atoms with van der Waals surface area (Å²) in [6.07, 6.45) is -0.915. The highest BCUT2D eigenvalue weighted by Crippen LogP contribution is 2.26. The summed E-state index contributed by atoms with van der Waals surface area (Å²) >= 11 is 0. The number of hydrogen-bond donors (Lipinski definition) is 2. The molecule has 154 valence electrons. The van der Waals surface area contributed by atoms with Gasteiger partial charge < -0.3 is 19.8 Å². The molecule has 0 aliphatic heterocycles. The second-order valence-corrected chi connectivity index (χ2v) is 6.69. The Morgan fingerprint density at radius 1 is 0.759 bits per heavy atom. The van der Waals surface area contributed by atoms with Crippen molar-refractivity contribution in [1.82, 2.24) is 0 Å². The Bertz CT molecular complexity index is 763. The van der Waals surface area contributed by atoms with Gasteiger partial charge in [0.1, 0.15) is 6.10 Å². The summed E-state index contributed by atoms with van der Waals surface area (Å²) in [4.78, 5) is 1.97. The fourth-order valence-corrected chi connectivity index (χ4v) is 3.24. The maximum atomic E-state index is 10.6. The van der Waals surface area contributed by atoms with E-state index in [1.54, 1.807) is 0 Å². The number of halogens is 1. The van der Waals surface area contributed by atoms with Gasteiger partial charge in [-0.3, -0.25) is 0 Å². The standard InChI is InChI=1S/C24H27NO3.ClH/c26-17-16-25(22-14-8-3-9-15-22)18-23(27)19-28-24(20-10-4-1-5-11-20)21-12-6-2-7-13-21;/h1-15,23-24,26-27H,16-19H2;1H. The van der Waals surface area contributed by atoms with Crippen molar-refractivity contribution in [3.63, 3.8) is 0 Å². The molecule has 1 atom stereocenters. The highest BCUT2D eigenvalue weighted by molar-refractivity contribution is 5.85. The summed E-state index contributed by atoms with van der Waals surface area (Å²) in [7, 11) is 0. The van der Waals surface area contributed by atoms with Crippen LogP contribution in [0, 0.1) is 0 Å². The molecular formula is C24H28ClNO3. The van der Waals surface area contributed by atoms with E-state index in [2.05, 4.69) is 0 Å². The zero-order chi connectivity index (χ0) is 19.6. The number of hydrogen-bond acceptors (Lipinski definition) is 4. The average Bonchev–Trinajstić information content (AvgIpc) is 2.76. The molecule has 29 heavy (non-hydrogen) atoms. The van der Waals surface area contributed by atoms with Crippen molar-refractivity contribution >= 4 is 18.1 Å². The van der Waals surface area contributed by atoms with Crippen LogP contribution in [-0.4, -0.2) is 42.6 Å². The van der Waals surface area contributed by atoms with Gasteiger partial charge in [0.2, 0.25) is 0 Å². The molecule has 0 radical (unpaired) electrons. The fraction of sp³-hybridized carbons (Fsp3) is 0.250. The molecule has 1 unspecified atom stereocenters. The normalized spacial score (nSPS) is 11.7. The van der Waals surface area contributed by atoms with E-state index in [-0.39, 0.29) is 31.7 Å². The lowest BCUT2D eigenvalue weighted by molar-refractivity contribution is 0.00892. The number of aliphatic hydroxyl groups excluding tert-OH is 2. The first-order valence-electron chi connectivity index (χ1n) is 9.58. The smallest absolute Gasteiger partial charge is 0.108 e. The topological polar surface area (TPSA) is 52.9 Å². The summed E-state index contributed by atoms with van der Waals surface area (Å²) in [6, 6.07) is 29.8. The first-order chi connectivity index (χ1) is 13.8. The number of aliphatic hydroxyl groups is 2. The average molecular weight is 414 g/mol. The summed E-state index contributed by atoms with van der Waals surface area (Å²) in [5.41, 5.74) is 3.07. The van der Waals surface area contributed by atoms with Gasteiger partial charge in [-0.1, -0.05) is 78.9 Å². The van der Waals surface area contributed by atoms with E-state index in [9.17, 15) is 10.2 Å². The molecular weight excluding hydrogens is 386 g/mol. The summed E-state index contributed by atoms with van der Waals surface area (Å²) in [5.74, 6) is 0. The van der Waals surface area contributed by atoms with Gasteiger partial charge in [-0.15, -0.1) is 12.4 Å². The van der Waals surface area contributed by atoms with Crippen LogP contribution in [0.25, 0.3) is 0 Å². The lowest BCUT2D eigenvalue weighted by atomic mass is 10.0. The Morgan fingerprint density at radius 3 is 1.72 bits per heavy atom. The van der Waals surface area contributed by atoms with Gasteiger partial charge in [-0.2, -0.15) is 0 Å². The molecule has 0 aliphatic carbocycles. The van der Waals surface area contributed by atoms with E-state index in [0.717, 1.165) is 16.8 Å². The number of anilines is 1. The molecule has 5 heteroatoms. The van der Waals surface area contributed by atoms with Crippen molar-refractivity contribution in [2.45, 2.75) is 12.2 Å². The van der Waals surface area contributed by atoms with Gasteiger partial charge in [0, 0.05) is 18.8 Å². The molecule has 0 saturated carbocycles. The van der Waals surface area contributed by atoms with Crippen molar-refractivity contribution in [2.24, 2.45) is 0 Å². The molecule has 0 aromatic heterocycles. The third-order valence-electron chi connectivity index (χ3n) is 4.58. The molecule has 0 aliphatic rings. The maximum absolute atomic E-state index is 10.6. The van der Waals surface area contributed by atoms with Crippen LogP contribution in [0.15, 0.2) is 91.0 Å². The van der Waals surface area contributed by atoms with E-state index in [0.29, 0.717) is 13.1 Å². The van der Waals surface area contributed by atoms with Gasteiger partial charge in [0.25, 0.3) is 0 Å². The van der Waals surface area contributed by atoms with Crippen LogP contribution >= 0.6 is 12.4 Å². The van der Waals surface area contributed by atoms with Crippen LogP contribution < -0.4 is 4.90 Å². The predicted molar refractivity (Wildman–Crippen MR) is 120 cm³/mol. The minimum absolute atomic E-state index is 0. The zero-order valence-corrected chi connectivity index (χ0v) is 17.1. The van der Waals surface area contributed by atoms with E-state index in [4.69, 9.17) is 4.74 Å². The van der Waals surface area contributed by atoms with E-state index in [1.165, 1.54) is 0 Å². The molecule has 0 amide bonds. The molecule has 3 aromatic carbocycles. The molecule has 4 nitrogen and oxygen atoms in total. The molecule has 2 N–H and O–H groups in total. The van der Waals surface area contributed by atoms with Gasteiger partial charge in [-0.05, 0) is 23.3 Å². The molecule has 0 heterocycles. The Kier molecular flexibility index (Phi) is 9.68. The van der Waals surface area contributed by atoms with Crippen molar-refractivity contribution < 1.29 is 14.9 Å². The predicted octanol–water partition coefficient (Wildman–Crippen LogP) is 4.07. The number of nitrogens with zero attached hydrogens (tertiary/aromatic N) is 1. The fourth-order valence-electron chi connectivity index (χ4n) is 3.24. The number of rotatable bonds is 10. The van der Waals surface area contributed by atoms with Crippen LogP contribution in [0.3, 0.4) is 0 Å². The van der Waals surface area contributed by atoms with Crippen molar-refractivity contribution in [3.8, 4) is 0 Å². The van der Waals surface area contributed by atoms with Crippen molar-refractivity contribution in [1.29, 1.82) is 0 Å². The zero-order valence-electron chi connectivity index (χ0n) is 16.3. The molecule has 0 saturated heterocycles. The molecule has 3 aromatic rings.